The molecule has 0 unspecified atom stereocenters. The standard InChI is InChI=1S/C24H22F2N4O2/c1-14-10-21(32-13-17-18(25)7-5-8-19(17)26)23-28-15(2)22(30(23)12-14)24(31)29-20-9-4-3-6-16(20)11-27/h3-10,12H,11,13,27H2,1-2H3,(H,29,31). The molecule has 2 aromatic heterocycles. The van der Waals surface area contributed by atoms with Crippen molar-refractivity contribution in [2.24, 2.45) is 5.73 Å². The smallest absolute Gasteiger partial charge is 0.274 e. The van der Waals surface area contributed by atoms with Gasteiger partial charge in [0.15, 0.2) is 11.4 Å². The van der Waals surface area contributed by atoms with Gasteiger partial charge in [0.25, 0.3) is 5.91 Å². The van der Waals surface area contributed by atoms with Crippen molar-refractivity contribution in [3.63, 3.8) is 0 Å². The second-order valence-corrected chi connectivity index (χ2v) is 7.43. The molecule has 3 N–H and O–H groups in total. The van der Waals surface area contributed by atoms with Gasteiger partial charge in [-0.3, -0.25) is 9.20 Å². The van der Waals surface area contributed by atoms with Crippen LogP contribution in [-0.2, 0) is 13.2 Å². The highest BCUT2D eigenvalue weighted by molar-refractivity contribution is 6.05. The number of nitrogens with zero attached hydrogens (tertiary/aromatic N) is 2. The van der Waals surface area contributed by atoms with Gasteiger partial charge in [-0.2, -0.15) is 0 Å². The molecule has 8 heteroatoms. The minimum Gasteiger partial charge on any atom is -0.485 e. The second-order valence-electron chi connectivity index (χ2n) is 7.43. The highest BCUT2D eigenvalue weighted by Crippen LogP contribution is 2.26. The molecule has 0 spiro atoms. The number of rotatable bonds is 6. The van der Waals surface area contributed by atoms with Crippen molar-refractivity contribution < 1.29 is 18.3 Å². The van der Waals surface area contributed by atoms with Gasteiger partial charge in [-0.15, -0.1) is 0 Å². The van der Waals surface area contributed by atoms with Crippen molar-refractivity contribution in [3.05, 3.63) is 94.4 Å². The van der Waals surface area contributed by atoms with E-state index < -0.39 is 11.6 Å². The maximum Gasteiger partial charge on any atom is 0.274 e. The van der Waals surface area contributed by atoms with Crippen molar-refractivity contribution in [3.8, 4) is 5.75 Å². The lowest BCUT2D eigenvalue weighted by Gasteiger charge is -2.12. The molecule has 32 heavy (non-hydrogen) atoms. The van der Waals surface area contributed by atoms with Crippen molar-refractivity contribution in [1.29, 1.82) is 0 Å². The highest BCUT2D eigenvalue weighted by atomic mass is 19.1. The molecule has 0 fully saturated rings. The monoisotopic (exact) mass is 436 g/mol. The first-order valence-electron chi connectivity index (χ1n) is 10.0. The molecule has 4 rings (SSSR count). The fourth-order valence-corrected chi connectivity index (χ4v) is 3.56. The fraction of sp³-hybridized carbons (Fsp3) is 0.167. The Balaban J connectivity index is 1.69. The van der Waals surface area contributed by atoms with Crippen LogP contribution in [-0.4, -0.2) is 15.3 Å². The van der Waals surface area contributed by atoms with Crippen molar-refractivity contribution in [2.75, 3.05) is 5.32 Å². The van der Waals surface area contributed by atoms with E-state index in [0.29, 0.717) is 28.5 Å². The summed E-state index contributed by atoms with van der Waals surface area (Å²) in [6.45, 7) is 3.52. The van der Waals surface area contributed by atoms with E-state index in [2.05, 4.69) is 10.3 Å². The van der Waals surface area contributed by atoms with Crippen LogP contribution < -0.4 is 15.8 Å². The van der Waals surface area contributed by atoms with E-state index in [1.54, 1.807) is 29.7 Å². The van der Waals surface area contributed by atoms with Crippen LogP contribution in [0.25, 0.3) is 5.65 Å². The number of ether oxygens (including phenoxy) is 1. The Morgan fingerprint density at radius 2 is 1.84 bits per heavy atom. The van der Waals surface area contributed by atoms with E-state index >= 15 is 0 Å². The van der Waals surface area contributed by atoms with E-state index in [9.17, 15) is 13.6 Å². The van der Waals surface area contributed by atoms with Gasteiger partial charge in [-0.25, -0.2) is 13.8 Å². The predicted molar refractivity (Wildman–Crippen MR) is 118 cm³/mol. The number of hydrogen-bond acceptors (Lipinski definition) is 4. The van der Waals surface area contributed by atoms with Crippen LogP contribution in [0.1, 0.15) is 32.9 Å². The number of amides is 1. The van der Waals surface area contributed by atoms with E-state index in [1.165, 1.54) is 18.2 Å². The lowest BCUT2D eigenvalue weighted by molar-refractivity contribution is 0.102. The molecule has 0 saturated heterocycles. The van der Waals surface area contributed by atoms with Crippen molar-refractivity contribution in [1.82, 2.24) is 9.38 Å². The molecule has 2 heterocycles. The van der Waals surface area contributed by atoms with E-state index in [0.717, 1.165) is 11.1 Å². The molecule has 164 valence electrons. The quantitative estimate of drug-likeness (QED) is 0.466. The van der Waals surface area contributed by atoms with Gasteiger partial charge in [0.1, 0.15) is 23.9 Å². The summed E-state index contributed by atoms with van der Waals surface area (Å²) >= 11 is 0. The maximum atomic E-state index is 14.0. The van der Waals surface area contributed by atoms with Crippen LogP contribution in [0.4, 0.5) is 14.5 Å². The first-order valence-corrected chi connectivity index (χ1v) is 10.0. The number of carbonyl (C=O) groups is 1. The third-order valence-corrected chi connectivity index (χ3v) is 5.13. The molecule has 6 nitrogen and oxygen atoms in total. The Morgan fingerprint density at radius 3 is 2.56 bits per heavy atom. The third-order valence-electron chi connectivity index (χ3n) is 5.13. The Kier molecular flexibility index (Phi) is 5.87. The fourth-order valence-electron chi connectivity index (χ4n) is 3.56. The number of carbonyl (C=O) groups excluding carboxylic acids is 1. The Hall–Kier alpha value is -3.78. The van der Waals surface area contributed by atoms with Gasteiger partial charge in [-0.05, 0) is 49.2 Å². The number of benzene rings is 2. The number of imidazole rings is 1. The molecule has 0 aliphatic heterocycles. The zero-order valence-corrected chi connectivity index (χ0v) is 17.7. The van der Waals surface area contributed by atoms with Crippen LogP contribution >= 0.6 is 0 Å². The van der Waals surface area contributed by atoms with Gasteiger partial charge in [-0.1, -0.05) is 24.3 Å². The predicted octanol–water partition coefficient (Wildman–Crippen LogP) is 4.52. The lowest BCUT2D eigenvalue weighted by Crippen LogP contribution is -2.17. The average Bonchev–Trinajstić information content (AvgIpc) is 3.09. The summed E-state index contributed by atoms with van der Waals surface area (Å²) in [5.74, 6) is -1.41. The van der Waals surface area contributed by atoms with Crippen LogP contribution in [0, 0.1) is 25.5 Å². The van der Waals surface area contributed by atoms with Crippen molar-refractivity contribution >= 4 is 17.2 Å². The minimum atomic E-state index is -0.688. The molecule has 0 aliphatic carbocycles. The number of pyridine rings is 1. The molecule has 1 amide bonds. The Bertz CT molecular complexity index is 1300. The Labute approximate surface area is 183 Å². The molecule has 4 aromatic rings. The maximum absolute atomic E-state index is 14.0. The number of nitrogens with two attached hydrogens (primary N) is 1. The zero-order valence-electron chi connectivity index (χ0n) is 17.7. The minimum absolute atomic E-state index is 0.174. The van der Waals surface area contributed by atoms with Gasteiger partial charge < -0.3 is 15.8 Å². The highest BCUT2D eigenvalue weighted by Gasteiger charge is 2.21. The van der Waals surface area contributed by atoms with E-state index in [1.807, 2.05) is 25.1 Å². The molecule has 0 aliphatic rings. The lowest BCUT2D eigenvalue weighted by atomic mass is 10.1. The normalized spacial score (nSPS) is 11.0. The van der Waals surface area contributed by atoms with Gasteiger partial charge in [0.2, 0.25) is 0 Å². The Morgan fingerprint density at radius 1 is 1.12 bits per heavy atom. The number of para-hydroxylation sites is 1. The summed E-state index contributed by atoms with van der Waals surface area (Å²) in [5.41, 5.74) is 9.00. The summed E-state index contributed by atoms with van der Waals surface area (Å²) in [7, 11) is 0. The largest absolute Gasteiger partial charge is 0.485 e. The summed E-state index contributed by atoms with van der Waals surface area (Å²) in [6, 6.07) is 12.6. The van der Waals surface area contributed by atoms with Gasteiger partial charge in [0, 0.05) is 18.4 Å². The molecular formula is C24H22F2N4O2. The molecule has 2 aromatic carbocycles. The SMILES string of the molecule is Cc1cc(OCc2c(F)cccc2F)c2nc(C)c(C(=O)Nc3ccccc3CN)n2c1. The third kappa shape index (κ3) is 4.04. The molecule has 0 radical (unpaired) electrons. The zero-order chi connectivity index (χ0) is 22.8. The average molecular weight is 436 g/mol. The first-order chi connectivity index (χ1) is 15.4. The summed E-state index contributed by atoms with van der Waals surface area (Å²) in [5, 5.41) is 2.89. The second kappa shape index (κ2) is 8.76. The van der Waals surface area contributed by atoms with Gasteiger partial charge >= 0.3 is 0 Å². The summed E-state index contributed by atoms with van der Waals surface area (Å²) in [4.78, 5) is 17.6. The molecular weight excluding hydrogens is 414 g/mol. The molecule has 0 saturated carbocycles. The number of anilines is 1. The van der Waals surface area contributed by atoms with Crippen LogP contribution in [0.15, 0.2) is 54.7 Å². The van der Waals surface area contributed by atoms with Crippen LogP contribution in [0.2, 0.25) is 0 Å². The number of nitrogens with one attached hydrogen (secondary N) is 1. The van der Waals surface area contributed by atoms with Crippen molar-refractivity contribution in [2.45, 2.75) is 27.0 Å². The molecule has 0 atom stereocenters. The number of hydrogen-bond donors (Lipinski definition) is 2. The number of fused-ring (bicyclic) bond motifs is 1. The number of halogens is 2. The number of aryl methyl sites for hydroxylation is 2. The van der Waals surface area contributed by atoms with E-state index in [4.69, 9.17) is 10.5 Å². The van der Waals surface area contributed by atoms with E-state index in [-0.39, 0.29) is 24.6 Å². The molecule has 0 bridgehead atoms. The summed E-state index contributed by atoms with van der Waals surface area (Å²) in [6.07, 6.45) is 1.76. The number of aromatic nitrogens is 2. The van der Waals surface area contributed by atoms with Crippen LogP contribution in [0.3, 0.4) is 0 Å². The first kappa shape index (κ1) is 21.5. The summed E-state index contributed by atoms with van der Waals surface area (Å²) < 4.78 is 35.3. The van der Waals surface area contributed by atoms with Crippen LogP contribution in [0.5, 0.6) is 5.75 Å². The topological polar surface area (TPSA) is 81.6 Å². The van der Waals surface area contributed by atoms with Gasteiger partial charge in [0.05, 0.1) is 11.3 Å².